The Bertz CT molecular complexity index is 1580. The summed E-state index contributed by atoms with van der Waals surface area (Å²) >= 11 is 0. The van der Waals surface area contributed by atoms with E-state index in [-0.39, 0.29) is 45.4 Å². The van der Waals surface area contributed by atoms with E-state index in [4.69, 9.17) is 0 Å². The number of hydrogen-bond donors (Lipinski definition) is 3. The number of carboxylic acids is 2. The van der Waals surface area contributed by atoms with Gasteiger partial charge in [0.15, 0.2) is 0 Å². The van der Waals surface area contributed by atoms with E-state index in [1.165, 1.54) is 30.4 Å². The molecule has 3 N–H and O–H groups in total. The van der Waals surface area contributed by atoms with Gasteiger partial charge in [-0.3, -0.25) is 14.5 Å². The minimum absolute atomic E-state index is 0.00331. The van der Waals surface area contributed by atoms with Crippen LogP contribution in [0, 0.1) is 56.7 Å². The van der Waals surface area contributed by atoms with Crippen molar-refractivity contribution >= 4 is 23.4 Å². The predicted molar refractivity (Wildman–Crippen MR) is 203 cm³/mol. The predicted octanol–water partition coefficient (Wildman–Crippen LogP) is 8.95. The summed E-state index contributed by atoms with van der Waals surface area (Å²) in [6.45, 7) is 23.2. The SMILES string of the molecule is C=C(C)[C@@H]1CC[C@]2(C(=O)NCCN(CCC)CC(=O)O)CC[C@]3(C)[C@H](CC[C@@H]4[C@@]5(C)CC=C(c6ccc(C(=O)O)cc6)C(C)(C)[C@@H]5CC[C@]43C)[C@@H]12. The van der Waals surface area contributed by atoms with Crippen molar-refractivity contribution < 1.29 is 24.6 Å². The molecule has 280 valence electrons. The number of benzene rings is 1. The molecule has 0 aromatic heterocycles. The highest BCUT2D eigenvalue weighted by Crippen LogP contribution is 2.77. The van der Waals surface area contributed by atoms with Crippen LogP contribution < -0.4 is 5.32 Å². The fourth-order valence-corrected chi connectivity index (χ4v) is 13.7. The number of hydrogen-bond acceptors (Lipinski definition) is 4. The third kappa shape index (κ3) is 5.92. The topological polar surface area (TPSA) is 107 Å². The van der Waals surface area contributed by atoms with Gasteiger partial charge in [-0.05, 0) is 152 Å². The maximum Gasteiger partial charge on any atom is 0.335 e. The molecule has 4 saturated carbocycles. The standard InChI is InChI=1S/C44H64N2O5/c1-9-25-46(27-36(47)48)26-24-45-39(51)44-21-16-31(28(2)3)37(44)33-14-15-35-41(6)19-17-32(29-10-12-30(13-11-29)38(49)50)40(4,5)34(41)18-20-43(35,8)42(33,7)22-23-44/h10-13,17,31,33-35,37H,2,9,14-16,18-27H2,1,3-8H3,(H,45,51)(H,47,48)(H,49,50)/t31-,33+,34-,35+,37+,41-,42+,43+,44-/m0/s1. The monoisotopic (exact) mass is 700 g/mol. The fourth-order valence-electron chi connectivity index (χ4n) is 13.7. The molecule has 5 aliphatic rings. The highest BCUT2D eigenvalue weighted by Gasteiger charge is 2.71. The lowest BCUT2D eigenvalue weighted by Crippen LogP contribution is -2.66. The van der Waals surface area contributed by atoms with E-state index in [1.807, 2.05) is 17.0 Å². The Morgan fingerprint density at radius 3 is 2.22 bits per heavy atom. The average molecular weight is 701 g/mol. The summed E-state index contributed by atoms with van der Waals surface area (Å²) in [7, 11) is 0. The van der Waals surface area contributed by atoms with Crippen LogP contribution in [0.4, 0.5) is 0 Å². The van der Waals surface area contributed by atoms with E-state index in [0.29, 0.717) is 48.9 Å². The quantitative estimate of drug-likeness (QED) is 0.199. The number of aromatic carboxylic acids is 1. The number of nitrogens with zero attached hydrogens (tertiary/aromatic N) is 1. The number of carbonyl (C=O) groups excluding carboxylic acids is 1. The third-order valence-electron chi connectivity index (χ3n) is 16.2. The van der Waals surface area contributed by atoms with Gasteiger partial charge in [0.1, 0.15) is 0 Å². The number of allylic oxidation sites excluding steroid dienone is 3. The van der Waals surface area contributed by atoms with Crippen LogP contribution >= 0.6 is 0 Å². The summed E-state index contributed by atoms with van der Waals surface area (Å²) in [4.78, 5) is 39.4. The molecule has 0 spiro atoms. The van der Waals surface area contributed by atoms with Crippen LogP contribution in [0.15, 0.2) is 42.5 Å². The van der Waals surface area contributed by atoms with Gasteiger partial charge in [0.2, 0.25) is 5.91 Å². The highest BCUT2D eigenvalue weighted by atomic mass is 16.4. The van der Waals surface area contributed by atoms with E-state index in [2.05, 4.69) is 66.4 Å². The molecular formula is C44H64N2O5. The second-order valence-electron chi connectivity index (χ2n) is 18.7. The molecule has 0 aliphatic heterocycles. The van der Waals surface area contributed by atoms with Crippen molar-refractivity contribution in [1.29, 1.82) is 0 Å². The maximum absolute atomic E-state index is 14.5. The number of carboxylic acid groups (broad SMARTS) is 2. The molecule has 0 heterocycles. The Labute approximate surface area is 306 Å². The van der Waals surface area contributed by atoms with Gasteiger partial charge in [-0.15, -0.1) is 0 Å². The van der Waals surface area contributed by atoms with Gasteiger partial charge in [0.05, 0.1) is 17.5 Å². The first-order valence-electron chi connectivity index (χ1n) is 19.9. The lowest BCUT2D eigenvalue weighted by molar-refractivity contribution is -0.225. The largest absolute Gasteiger partial charge is 0.480 e. The zero-order valence-electron chi connectivity index (χ0n) is 32.4. The first kappa shape index (κ1) is 37.8. The molecule has 7 nitrogen and oxygen atoms in total. The summed E-state index contributed by atoms with van der Waals surface area (Å²) in [5.74, 6) is 0.681. The first-order valence-corrected chi connectivity index (χ1v) is 19.9. The van der Waals surface area contributed by atoms with Gasteiger partial charge in [-0.25, -0.2) is 4.79 Å². The van der Waals surface area contributed by atoms with Crippen molar-refractivity contribution in [2.75, 3.05) is 26.2 Å². The van der Waals surface area contributed by atoms with Crippen LogP contribution in [0.3, 0.4) is 0 Å². The number of rotatable bonds is 11. The van der Waals surface area contributed by atoms with Crippen LogP contribution in [-0.2, 0) is 9.59 Å². The van der Waals surface area contributed by atoms with Crippen molar-refractivity contribution in [1.82, 2.24) is 10.2 Å². The second-order valence-corrected chi connectivity index (χ2v) is 18.7. The van der Waals surface area contributed by atoms with Crippen molar-refractivity contribution in [3.8, 4) is 0 Å². The first-order chi connectivity index (χ1) is 24.0. The van der Waals surface area contributed by atoms with Crippen LogP contribution in [-0.4, -0.2) is 59.1 Å². The van der Waals surface area contributed by atoms with Crippen LogP contribution in [0.25, 0.3) is 5.57 Å². The molecular weight excluding hydrogens is 636 g/mol. The van der Waals surface area contributed by atoms with E-state index in [1.54, 1.807) is 12.1 Å². The number of carbonyl (C=O) groups is 3. The lowest BCUT2D eigenvalue weighted by Gasteiger charge is -2.72. The molecule has 1 aromatic rings. The zero-order valence-corrected chi connectivity index (χ0v) is 32.4. The van der Waals surface area contributed by atoms with E-state index >= 15 is 0 Å². The zero-order chi connectivity index (χ0) is 37.1. The number of aliphatic carboxylic acids is 1. The Balaban J connectivity index is 1.27. The summed E-state index contributed by atoms with van der Waals surface area (Å²) in [6, 6.07) is 7.49. The van der Waals surface area contributed by atoms with Crippen molar-refractivity contribution in [3.05, 3.63) is 53.6 Å². The summed E-state index contributed by atoms with van der Waals surface area (Å²) in [5, 5.41) is 22.2. The Kier molecular flexibility index (Phi) is 10.00. The van der Waals surface area contributed by atoms with Crippen molar-refractivity contribution in [3.63, 3.8) is 0 Å². The van der Waals surface area contributed by atoms with Gasteiger partial charge >= 0.3 is 11.9 Å². The fraction of sp³-hybridized carbons (Fsp3) is 0.705. The molecule has 6 rings (SSSR count). The molecule has 5 aliphatic carbocycles. The Morgan fingerprint density at radius 1 is 0.882 bits per heavy atom. The van der Waals surface area contributed by atoms with Gasteiger partial charge in [0, 0.05) is 13.1 Å². The van der Waals surface area contributed by atoms with Gasteiger partial charge in [-0.1, -0.05) is 71.9 Å². The minimum Gasteiger partial charge on any atom is -0.480 e. The van der Waals surface area contributed by atoms with Crippen LogP contribution in [0.1, 0.15) is 129 Å². The molecule has 0 saturated heterocycles. The summed E-state index contributed by atoms with van der Waals surface area (Å²) in [6.07, 6.45) is 13.0. The summed E-state index contributed by atoms with van der Waals surface area (Å²) < 4.78 is 0. The van der Waals surface area contributed by atoms with Crippen LogP contribution in [0.2, 0.25) is 0 Å². The minimum atomic E-state index is -0.888. The van der Waals surface area contributed by atoms with E-state index in [9.17, 15) is 24.6 Å². The molecule has 51 heavy (non-hydrogen) atoms. The lowest BCUT2D eigenvalue weighted by atomic mass is 9.32. The normalized spacial score (nSPS) is 38.0. The molecule has 1 aromatic carbocycles. The second kappa shape index (κ2) is 13.5. The Hall–Kier alpha value is -2.93. The third-order valence-corrected chi connectivity index (χ3v) is 16.2. The van der Waals surface area contributed by atoms with Gasteiger partial charge in [-0.2, -0.15) is 0 Å². The number of amides is 1. The molecule has 0 radical (unpaired) electrons. The molecule has 1 amide bonds. The molecule has 4 fully saturated rings. The smallest absolute Gasteiger partial charge is 0.335 e. The van der Waals surface area contributed by atoms with Crippen molar-refractivity contribution in [2.24, 2.45) is 56.7 Å². The molecule has 7 heteroatoms. The number of fused-ring (bicyclic) bond motifs is 7. The van der Waals surface area contributed by atoms with Gasteiger partial charge < -0.3 is 15.5 Å². The van der Waals surface area contributed by atoms with Crippen LogP contribution in [0.5, 0.6) is 0 Å². The molecule has 9 atom stereocenters. The van der Waals surface area contributed by atoms with Crippen molar-refractivity contribution in [2.45, 2.75) is 113 Å². The highest BCUT2D eigenvalue weighted by molar-refractivity contribution is 5.88. The van der Waals surface area contributed by atoms with E-state index in [0.717, 1.165) is 50.5 Å². The van der Waals surface area contributed by atoms with E-state index < -0.39 is 11.9 Å². The average Bonchev–Trinajstić information content (AvgIpc) is 3.46. The summed E-state index contributed by atoms with van der Waals surface area (Å²) in [5.41, 5.74) is 4.07. The Morgan fingerprint density at radius 2 is 1.59 bits per heavy atom. The van der Waals surface area contributed by atoms with Gasteiger partial charge in [0.25, 0.3) is 0 Å². The molecule has 0 unspecified atom stereocenters. The molecule has 0 bridgehead atoms. The number of nitrogens with one attached hydrogen (secondary N) is 1. The maximum atomic E-state index is 14.5.